The topological polar surface area (TPSA) is 78.6 Å². The minimum absolute atomic E-state index is 0.0400. The van der Waals surface area contributed by atoms with Crippen molar-refractivity contribution in [3.63, 3.8) is 0 Å². The number of carbonyl (C=O) groups is 2. The Morgan fingerprint density at radius 3 is 2.33 bits per heavy atom. The summed E-state index contributed by atoms with van der Waals surface area (Å²) < 4.78 is 9.59. The Kier molecular flexibility index (Phi) is 5.90. The lowest BCUT2D eigenvalue weighted by Crippen LogP contribution is -2.18. The highest BCUT2D eigenvalue weighted by Gasteiger charge is 2.10. The highest BCUT2D eigenvalue weighted by molar-refractivity contribution is 14.1. The molecule has 0 aliphatic heterocycles. The van der Waals surface area contributed by atoms with E-state index in [0.717, 1.165) is 0 Å². The molecule has 0 saturated carbocycles. The number of nitrogen functional groups attached to an aromatic ring is 1. The number of carbonyl (C=O) groups excluding carboxylic acids is 2. The van der Waals surface area contributed by atoms with Crippen molar-refractivity contribution in [2.24, 2.45) is 0 Å². The SMILES string of the molecule is CC(I)C(=O)OCCOC(=O)c1ccc(N)cc1. The van der Waals surface area contributed by atoms with Gasteiger partial charge in [-0.25, -0.2) is 4.79 Å². The quantitative estimate of drug-likeness (QED) is 0.284. The third-order valence-corrected chi connectivity index (χ3v) is 2.54. The van der Waals surface area contributed by atoms with Gasteiger partial charge in [-0.2, -0.15) is 0 Å². The fraction of sp³-hybridized carbons (Fsp3) is 0.333. The first kappa shape index (κ1) is 14.7. The zero-order valence-corrected chi connectivity index (χ0v) is 12.0. The van der Waals surface area contributed by atoms with Gasteiger partial charge in [-0.1, -0.05) is 22.6 Å². The van der Waals surface area contributed by atoms with Crippen LogP contribution in [0.3, 0.4) is 0 Å². The van der Waals surface area contributed by atoms with Gasteiger partial charge in [0.1, 0.15) is 17.1 Å². The number of alkyl halides is 1. The van der Waals surface area contributed by atoms with Crippen molar-refractivity contribution < 1.29 is 19.1 Å². The molecule has 18 heavy (non-hydrogen) atoms. The maximum Gasteiger partial charge on any atom is 0.338 e. The average molecular weight is 363 g/mol. The molecule has 0 amide bonds. The second-order valence-electron chi connectivity index (χ2n) is 3.54. The number of nitrogens with two attached hydrogens (primary N) is 1. The van der Waals surface area contributed by atoms with Crippen LogP contribution < -0.4 is 5.73 Å². The van der Waals surface area contributed by atoms with Crippen LogP contribution in [0.1, 0.15) is 17.3 Å². The molecule has 0 saturated heterocycles. The van der Waals surface area contributed by atoms with Crippen LogP contribution in [0, 0.1) is 0 Å². The van der Waals surface area contributed by atoms with E-state index in [-0.39, 0.29) is 23.1 Å². The number of hydrogen-bond donors (Lipinski definition) is 1. The molecule has 98 valence electrons. The zero-order chi connectivity index (χ0) is 13.5. The summed E-state index contributed by atoms with van der Waals surface area (Å²) in [6.07, 6.45) is 0. The largest absolute Gasteiger partial charge is 0.461 e. The van der Waals surface area contributed by atoms with Crippen LogP contribution in [-0.2, 0) is 14.3 Å². The summed E-state index contributed by atoms with van der Waals surface area (Å²) in [5.74, 6) is -0.785. The Labute approximate surface area is 119 Å². The highest BCUT2D eigenvalue weighted by Crippen LogP contribution is 2.07. The Hall–Kier alpha value is -1.31. The standard InChI is InChI=1S/C12H14INO4/c1-8(13)11(15)17-6-7-18-12(16)9-2-4-10(14)5-3-9/h2-5,8H,6-7,14H2,1H3. The lowest BCUT2D eigenvalue weighted by molar-refractivity contribution is -0.143. The lowest BCUT2D eigenvalue weighted by Gasteiger charge is -2.07. The minimum atomic E-state index is -0.464. The van der Waals surface area contributed by atoms with E-state index in [9.17, 15) is 9.59 Å². The smallest absolute Gasteiger partial charge is 0.338 e. The monoisotopic (exact) mass is 363 g/mol. The molecule has 0 spiro atoms. The molecule has 6 heteroatoms. The van der Waals surface area contributed by atoms with Gasteiger partial charge in [0.25, 0.3) is 0 Å². The molecule has 1 unspecified atom stereocenters. The van der Waals surface area contributed by atoms with Gasteiger partial charge in [0.15, 0.2) is 0 Å². The molecule has 0 aliphatic rings. The Bertz CT molecular complexity index is 417. The second kappa shape index (κ2) is 7.20. The lowest BCUT2D eigenvalue weighted by atomic mass is 10.2. The molecule has 0 fully saturated rings. The molecule has 2 N–H and O–H groups in total. The van der Waals surface area contributed by atoms with Gasteiger partial charge in [-0.05, 0) is 31.2 Å². The van der Waals surface area contributed by atoms with E-state index in [4.69, 9.17) is 15.2 Å². The normalized spacial score (nSPS) is 11.7. The maximum absolute atomic E-state index is 11.5. The van der Waals surface area contributed by atoms with Crippen molar-refractivity contribution in [1.29, 1.82) is 0 Å². The summed E-state index contributed by atoms with van der Waals surface area (Å²) in [7, 11) is 0. The summed E-state index contributed by atoms with van der Waals surface area (Å²) in [5.41, 5.74) is 6.49. The van der Waals surface area contributed by atoms with E-state index in [1.165, 1.54) is 0 Å². The fourth-order valence-electron chi connectivity index (χ4n) is 1.09. The summed E-state index contributed by atoms with van der Waals surface area (Å²) in [6, 6.07) is 6.40. The van der Waals surface area contributed by atoms with Gasteiger partial charge in [-0.3, -0.25) is 4.79 Å². The zero-order valence-electron chi connectivity index (χ0n) is 9.89. The number of benzene rings is 1. The molecule has 5 nitrogen and oxygen atoms in total. The molecule has 0 aromatic heterocycles. The molecule has 0 bridgehead atoms. The molecule has 0 aliphatic carbocycles. The van der Waals surface area contributed by atoms with Crippen molar-refractivity contribution in [2.75, 3.05) is 18.9 Å². The molecule has 0 radical (unpaired) electrons. The van der Waals surface area contributed by atoms with Crippen molar-refractivity contribution in [3.8, 4) is 0 Å². The molecular formula is C12H14INO4. The van der Waals surface area contributed by atoms with Crippen LogP contribution in [0.25, 0.3) is 0 Å². The number of hydrogen-bond acceptors (Lipinski definition) is 5. The molecule has 1 aromatic rings. The van der Waals surface area contributed by atoms with Crippen molar-refractivity contribution in [1.82, 2.24) is 0 Å². The van der Waals surface area contributed by atoms with E-state index >= 15 is 0 Å². The van der Waals surface area contributed by atoms with Gasteiger partial charge in [0.05, 0.1) is 5.56 Å². The Morgan fingerprint density at radius 1 is 1.22 bits per heavy atom. The Morgan fingerprint density at radius 2 is 1.78 bits per heavy atom. The van der Waals surface area contributed by atoms with Crippen molar-refractivity contribution in [3.05, 3.63) is 29.8 Å². The number of anilines is 1. The molecule has 1 rings (SSSR count). The molecule has 1 atom stereocenters. The summed E-state index contributed by atoms with van der Waals surface area (Å²) >= 11 is 1.95. The van der Waals surface area contributed by atoms with Crippen LogP contribution in [0.4, 0.5) is 5.69 Å². The third kappa shape index (κ3) is 4.91. The van der Waals surface area contributed by atoms with Crippen LogP contribution in [0.5, 0.6) is 0 Å². The molecule has 1 aromatic carbocycles. The first-order chi connectivity index (χ1) is 8.50. The molecule has 0 heterocycles. The summed E-state index contributed by atoms with van der Waals surface area (Å²) in [4.78, 5) is 22.6. The highest BCUT2D eigenvalue weighted by atomic mass is 127. The predicted molar refractivity (Wildman–Crippen MR) is 75.6 cm³/mol. The minimum Gasteiger partial charge on any atom is -0.461 e. The first-order valence-corrected chi connectivity index (χ1v) is 6.58. The van der Waals surface area contributed by atoms with Crippen LogP contribution in [0.2, 0.25) is 0 Å². The number of ether oxygens (including phenoxy) is 2. The van der Waals surface area contributed by atoms with E-state index in [1.807, 2.05) is 22.6 Å². The van der Waals surface area contributed by atoms with Crippen LogP contribution in [-0.4, -0.2) is 29.1 Å². The average Bonchev–Trinajstić information content (AvgIpc) is 2.34. The number of halogens is 1. The van der Waals surface area contributed by atoms with Crippen molar-refractivity contribution in [2.45, 2.75) is 10.8 Å². The van der Waals surface area contributed by atoms with E-state index in [0.29, 0.717) is 11.3 Å². The van der Waals surface area contributed by atoms with Gasteiger partial charge >= 0.3 is 11.9 Å². The van der Waals surface area contributed by atoms with Gasteiger partial charge in [0.2, 0.25) is 0 Å². The fourth-order valence-corrected chi connectivity index (χ4v) is 1.27. The second-order valence-corrected chi connectivity index (χ2v) is 5.41. The van der Waals surface area contributed by atoms with Crippen molar-refractivity contribution >= 4 is 40.2 Å². The Balaban J connectivity index is 2.29. The number of esters is 2. The summed E-state index contributed by atoms with van der Waals surface area (Å²) in [6.45, 7) is 1.83. The van der Waals surface area contributed by atoms with E-state index < -0.39 is 5.97 Å². The van der Waals surface area contributed by atoms with E-state index in [2.05, 4.69) is 0 Å². The van der Waals surface area contributed by atoms with Crippen LogP contribution in [0.15, 0.2) is 24.3 Å². The number of rotatable bonds is 5. The predicted octanol–water partition coefficient (Wildman–Crippen LogP) is 1.79. The first-order valence-electron chi connectivity index (χ1n) is 5.34. The van der Waals surface area contributed by atoms with Gasteiger partial charge in [-0.15, -0.1) is 0 Å². The van der Waals surface area contributed by atoms with Gasteiger partial charge < -0.3 is 15.2 Å². The van der Waals surface area contributed by atoms with Crippen LogP contribution >= 0.6 is 22.6 Å². The third-order valence-electron chi connectivity index (χ3n) is 2.03. The summed E-state index contributed by atoms with van der Waals surface area (Å²) in [5, 5.41) is 0. The van der Waals surface area contributed by atoms with Gasteiger partial charge in [0, 0.05) is 5.69 Å². The maximum atomic E-state index is 11.5. The van der Waals surface area contributed by atoms with E-state index in [1.54, 1.807) is 31.2 Å². The molecular weight excluding hydrogens is 349 g/mol.